The number of nitrogens with one attached hydrogen (secondary N) is 1. The summed E-state index contributed by atoms with van der Waals surface area (Å²) in [7, 11) is -3.96. The first-order valence-corrected chi connectivity index (χ1v) is 9.97. The van der Waals surface area contributed by atoms with Gasteiger partial charge in [0, 0.05) is 12.1 Å². The molecule has 2 aliphatic rings. The molecule has 0 heterocycles. The summed E-state index contributed by atoms with van der Waals surface area (Å²) in [6, 6.07) is 3.99. The van der Waals surface area contributed by atoms with E-state index in [1.165, 1.54) is 37.8 Å². The van der Waals surface area contributed by atoms with Crippen LogP contribution in [0.1, 0.15) is 44.9 Å². The van der Waals surface area contributed by atoms with Gasteiger partial charge in [-0.1, -0.05) is 25.7 Å². The van der Waals surface area contributed by atoms with Crippen molar-refractivity contribution in [1.29, 1.82) is 0 Å². The van der Waals surface area contributed by atoms with Crippen LogP contribution in [0.3, 0.4) is 0 Å². The molecule has 24 heavy (non-hydrogen) atoms. The van der Waals surface area contributed by atoms with Crippen molar-refractivity contribution in [2.75, 3.05) is 5.32 Å². The van der Waals surface area contributed by atoms with Crippen molar-refractivity contribution in [3.63, 3.8) is 0 Å². The van der Waals surface area contributed by atoms with Gasteiger partial charge in [0.2, 0.25) is 10.0 Å². The molecule has 0 aromatic heterocycles. The van der Waals surface area contributed by atoms with Crippen molar-refractivity contribution < 1.29 is 13.3 Å². The molecule has 0 amide bonds. The van der Waals surface area contributed by atoms with Gasteiger partial charge in [0.25, 0.3) is 5.69 Å². The van der Waals surface area contributed by atoms with Crippen LogP contribution in [-0.2, 0) is 10.0 Å². The summed E-state index contributed by atoms with van der Waals surface area (Å²) < 4.78 is 22.8. The topological polar surface area (TPSA) is 115 Å². The predicted octanol–water partition coefficient (Wildman–Crippen LogP) is 3.01. The van der Waals surface area contributed by atoms with Crippen molar-refractivity contribution >= 4 is 21.4 Å². The molecule has 2 aliphatic carbocycles. The first kappa shape index (κ1) is 17.2. The molecule has 3 N–H and O–H groups in total. The summed E-state index contributed by atoms with van der Waals surface area (Å²) in [6.45, 7) is 0. The Balaban J connectivity index is 1.78. The zero-order valence-corrected chi connectivity index (χ0v) is 14.3. The Kier molecular flexibility index (Phi) is 4.78. The Morgan fingerprint density at radius 1 is 1.12 bits per heavy atom. The molecule has 0 saturated heterocycles. The molecule has 0 unspecified atom stereocenters. The second-order valence-corrected chi connectivity index (χ2v) is 8.50. The SMILES string of the molecule is NS(=O)(=O)c1ccc(N[C@@H]2CC[C@H]3CCCC[C@H]3C2)c([N+](=O)[O-])c1. The lowest BCUT2D eigenvalue weighted by Crippen LogP contribution is -2.34. The normalized spacial score (nSPS) is 27.3. The van der Waals surface area contributed by atoms with Crippen LogP contribution in [0.2, 0.25) is 0 Å². The number of nitro groups is 1. The Bertz CT molecular complexity index is 735. The smallest absolute Gasteiger partial charge is 0.293 e. The molecule has 0 spiro atoms. The Morgan fingerprint density at radius 3 is 2.50 bits per heavy atom. The zero-order chi connectivity index (χ0) is 17.3. The highest BCUT2D eigenvalue weighted by Crippen LogP contribution is 2.41. The summed E-state index contributed by atoms with van der Waals surface area (Å²) >= 11 is 0. The lowest BCUT2D eigenvalue weighted by molar-refractivity contribution is -0.384. The number of fused-ring (bicyclic) bond motifs is 1. The molecular formula is C16H23N3O4S. The molecule has 0 radical (unpaired) electrons. The van der Waals surface area contributed by atoms with Crippen molar-refractivity contribution in [1.82, 2.24) is 0 Å². The van der Waals surface area contributed by atoms with E-state index in [-0.39, 0.29) is 16.6 Å². The molecule has 7 nitrogen and oxygen atoms in total. The van der Waals surface area contributed by atoms with Gasteiger partial charge in [0.1, 0.15) is 5.69 Å². The summed E-state index contributed by atoms with van der Waals surface area (Å²) in [4.78, 5) is 10.5. The van der Waals surface area contributed by atoms with Crippen molar-refractivity contribution in [3.05, 3.63) is 28.3 Å². The van der Waals surface area contributed by atoms with Gasteiger partial charge in [-0.15, -0.1) is 0 Å². The minimum Gasteiger partial charge on any atom is -0.377 e. The van der Waals surface area contributed by atoms with Crippen LogP contribution in [-0.4, -0.2) is 19.4 Å². The van der Waals surface area contributed by atoms with E-state index in [0.717, 1.165) is 31.2 Å². The lowest BCUT2D eigenvalue weighted by atomic mass is 9.69. The van der Waals surface area contributed by atoms with Crippen LogP contribution >= 0.6 is 0 Å². The number of hydrogen-bond donors (Lipinski definition) is 2. The Labute approximate surface area is 141 Å². The van der Waals surface area contributed by atoms with E-state index in [1.807, 2.05) is 0 Å². The average molecular weight is 353 g/mol. The highest BCUT2D eigenvalue weighted by molar-refractivity contribution is 7.89. The minimum atomic E-state index is -3.96. The fourth-order valence-electron chi connectivity index (χ4n) is 4.19. The lowest BCUT2D eigenvalue weighted by Gasteiger charge is -2.39. The van der Waals surface area contributed by atoms with E-state index in [4.69, 9.17) is 5.14 Å². The minimum absolute atomic E-state index is 0.198. The van der Waals surface area contributed by atoms with E-state index >= 15 is 0 Å². The molecular weight excluding hydrogens is 330 g/mol. The van der Waals surface area contributed by atoms with Crippen molar-refractivity contribution in [2.24, 2.45) is 17.0 Å². The number of anilines is 1. The maximum absolute atomic E-state index is 11.4. The Morgan fingerprint density at radius 2 is 1.83 bits per heavy atom. The second-order valence-electron chi connectivity index (χ2n) is 6.94. The first-order chi connectivity index (χ1) is 11.3. The molecule has 132 valence electrons. The number of nitrogens with zero attached hydrogens (tertiary/aromatic N) is 1. The number of nitro benzene ring substituents is 1. The number of sulfonamides is 1. The highest BCUT2D eigenvalue weighted by Gasteiger charge is 2.33. The number of primary sulfonamides is 1. The largest absolute Gasteiger partial charge is 0.377 e. The van der Waals surface area contributed by atoms with Crippen LogP contribution < -0.4 is 10.5 Å². The molecule has 3 atom stereocenters. The van der Waals surface area contributed by atoms with Crippen LogP contribution in [0.15, 0.2) is 23.1 Å². The number of rotatable bonds is 4. The molecule has 1 aromatic carbocycles. The van der Waals surface area contributed by atoms with Crippen LogP contribution in [0.4, 0.5) is 11.4 Å². The molecule has 2 fully saturated rings. The highest BCUT2D eigenvalue weighted by atomic mass is 32.2. The van der Waals surface area contributed by atoms with Gasteiger partial charge in [-0.2, -0.15) is 0 Å². The summed E-state index contributed by atoms with van der Waals surface area (Å²) in [5, 5.41) is 19.6. The summed E-state index contributed by atoms with van der Waals surface area (Å²) in [5.41, 5.74) is 0.124. The fraction of sp³-hybridized carbons (Fsp3) is 0.625. The van der Waals surface area contributed by atoms with Crippen molar-refractivity contribution in [3.8, 4) is 0 Å². The van der Waals surface area contributed by atoms with Gasteiger partial charge in [-0.05, 0) is 43.2 Å². The quantitative estimate of drug-likeness (QED) is 0.637. The molecule has 3 rings (SSSR count). The van der Waals surface area contributed by atoms with Crippen LogP contribution in [0.25, 0.3) is 0 Å². The van der Waals surface area contributed by atoms with Gasteiger partial charge in [-0.25, -0.2) is 13.6 Å². The molecule has 0 aliphatic heterocycles. The van der Waals surface area contributed by atoms with E-state index < -0.39 is 14.9 Å². The summed E-state index contributed by atoms with van der Waals surface area (Å²) in [5.74, 6) is 1.50. The van der Waals surface area contributed by atoms with Crippen LogP contribution in [0.5, 0.6) is 0 Å². The zero-order valence-electron chi connectivity index (χ0n) is 13.5. The first-order valence-electron chi connectivity index (χ1n) is 8.42. The predicted molar refractivity (Wildman–Crippen MR) is 91.2 cm³/mol. The van der Waals surface area contributed by atoms with E-state index in [2.05, 4.69) is 5.32 Å². The van der Waals surface area contributed by atoms with Crippen molar-refractivity contribution in [2.45, 2.75) is 55.9 Å². The third-order valence-electron chi connectivity index (χ3n) is 5.39. The third kappa shape index (κ3) is 3.70. The molecule has 2 saturated carbocycles. The van der Waals surface area contributed by atoms with Gasteiger partial charge in [0.15, 0.2) is 0 Å². The standard InChI is InChI=1S/C16H23N3O4S/c17-24(22,23)14-7-8-15(16(10-14)19(20)21)18-13-6-5-11-3-1-2-4-12(11)9-13/h7-8,10-13,18H,1-6,9H2,(H2,17,22,23)/t11-,12+,13-/m1/s1. The third-order valence-corrected chi connectivity index (χ3v) is 6.30. The number of hydrogen-bond acceptors (Lipinski definition) is 5. The van der Waals surface area contributed by atoms with Gasteiger partial charge in [-0.3, -0.25) is 10.1 Å². The fourth-order valence-corrected chi connectivity index (χ4v) is 4.72. The van der Waals surface area contributed by atoms with Gasteiger partial charge >= 0.3 is 0 Å². The molecule has 0 bridgehead atoms. The monoisotopic (exact) mass is 353 g/mol. The number of nitrogens with two attached hydrogens (primary N) is 1. The average Bonchev–Trinajstić information content (AvgIpc) is 2.54. The molecule has 8 heteroatoms. The number of benzene rings is 1. The Hall–Kier alpha value is -1.67. The molecule has 1 aromatic rings. The maximum atomic E-state index is 11.4. The second kappa shape index (κ2) is 6.68. The van der Waals surface area contributed by atoms with Crippen LogP contribution in [0, 0.1) is 22.0 Å². The van der Waals surface area contributed by atoms with E-state index in [0.29, 0.717) is 11.6 Å². The summed E-state index contributed by atoms with van der Waals surface area (Å²) in [6.07, 6.45) is 8.33. The van der Waals surface area contributed by atoms with E-state index in [9.17, 15) is 18.5 Å². The van der Waals surface area contributed by atoms with Gasteiger partial charge in [0.05, 0.1) is 9.82 Å². The van der Waals surface area contributed by atoms with E-state index in [1.54, 1.807) is 0 Å². The van der Waals surface area contributed by atoms with Gasteiger partial charge < -0.3 is 5.32 Å². The maximum Gasteiger partial charge on any atom is 0.293 e.